The first-order valence-corrected chi connectivity index (χ1v) is 5.10. The van der Waals surface area contributed by atoms with Crippen LogP contribution in [-0.4, -0.2) is 23.9 Å². The van der Waals surface area contributed by atoms with Crippen LogP contribution < -0.4 is 10.5 Å². The zero-order valence-corrected chi connectivity index (χ0v) is 9.85. The quantitative estimate of drug-likeness (QED) is 0.728. The molecule has 78 valence electrons. The van der Waals surface area contributed by atoms with E-state index in [0.717, 1.165) is 3.57 Å². The van der Waals surface area contributed by atoms with Crippen molar-refractivity contribution in [2.75, 3.05) is 13.7 Å². The zero-order chi connectivity index (χ0) is 10.7. The molecule has 0 saturated carbocycles. The number of phenols is 1. The highest BCUT2D eigenvalue weighted by Crippen LogP contribution is 2.34. The van der Waals surface area contributed by atoms with Crippen LogP contribution >= 0.6 is 22.6 Å². The molecule has 0 radical (unpaired) electrons. The third-order valence-corrected chi connectivity index (χ3v) is 2.51. The van der Waals surface area contributed by atoms with Gasteiger partial charge in [-0.15, -0.1) is 0 Å². The maximum atomic E-state index is 9.70. The van der Waals surface area contributed by atoms with Crippen LogP contribution in [0, 0.1) is 3.57 Å². The van der Waals surface area contributed by atoms with Gasteiger partial charge in [0.2, 0.25) is 0 Å². The molecular weight excluding hydrogens is 297 g/mol. The summed E-state index contributed by atoms with van der Waals surface area (Å²) in [6.07, 6.45) is 0. The van der Waals surface area contributed by atoms with E-state index < -0.39 is 6.04 Å². The number of hydrogen-bond donors (Lipinski definition) is 3. The van der Waals surface area contributed by atoms with Gasteiger partial charge in [-0.1, -0.05) is 0 Å². The van der Waals surface area contributed by atoms with Crippen molar-refractivity contribution in [2.24, 2.45) is 5.73 Å². The molecule has 4 nitrogen and oxygen atoms in total. The number of benzene rings is 1. The summed E-state index contributed by atoms with van der Waals surface area (Å²) in [6, 6.07) is 2.83. The lowest BCUT2D eigenvalue weighted by atomic mass is 10.1. The van der Waals surface area contributed by atoms with Gasteiger partial charge in [-0.25, -0.2) is 0 Å². The van der Waals surface area contributed by atoms with Crippen molar-refractivity contribution < 1.29 is 14.9 Å². The van der Waals surface area contributed by atoms with Gasteiger partial charge in [0.1, 0.15) is 0 Å². The Morgan fingerprint density at radius 2 is 2.21 bits per heavy atom. The number of hydrogen-bond acceptors (Lipinski definition) is 4. The molecule has 1 aromatic rings. The number of aliphatic hydroxyl groups is 1. The van der Waals surface area contributed by atoms with Crippen LogP contribution in [0.5, 0.6) is 11.5 Å². The summed E-state index contributed by atoms with van der Waals surface area (Å²) in [6.45, 7) is -0.212. The summed E-state index contributed by atoms with van der Waals surface area (Å²) in [5.41, 5.74) is 6.12. The molecule has 1 atom stereocenters. The van der Waals surface area contributed by atoms with Crippen LogP contribution in [0.4, 0.5) is 0 Å². The van der Waals surface area contributed by atoms with Crippen molar-refractivity contribution in [1.29, 1.82) is 0 Å². The predicted molar refractivity (Wildman–Crippen MR) is 61.4 cm³/mol. The van der Waals surface area contributed by atoms with Gasteiger partial charge in [-0.2, -0.15) is 0 Å². The summed E-state index contributed by atoms with van der Waals surface area (Å²) in [4.78, 5) is 0. The molecule has 14 heavy (non-hydrogen) atoms. The summed E-state index contributed by atoms with van der Waals surface area (Å²) < 4.78 is 5.87. The van der Waals surface area contributed by atoms with Gasteiger partial charge < -0.3 is 20.7 Å². The van der Waals surface area contributed by atoms with Gasteiger partial charge in [-0.3, -0.25) is 0 Å². The van der Waals surface area contributed by atoms with Gasteiger partial charge in [0.15, 0.2) is 11.5 Å². The second kappa shape index (κ2) is 4.81. The average Bonchev–Trinajstić information content (AvgIpc) is 2.19. The normalized spacial score (nSPS) is 12.6. The van der Waals surface area contributed by atoms with Crippen molar-refractivity contribution in [2.45, 2.75) is 6.04 Å². The zero-order valence-electron chi connectivity index (χ0n) is 7.70. The summed E-state index contributed by atoms with van der Waals surface area (Å²) >= 11 is 2.09. The smallest absolute Gasteiger partial charge is 0.162 e. The van der Waals surface area contributed by atoms with Crippen LogP contribution in [0.2, 0.25) is 0 Å². The second-order valence-corrected chi connectivity index (χ2v) is 4.08. The fourth-order valence-corrected chi connectivity index (χ4v) is 1.75. The molecule has 0 aliphatic heterocycles. The first-order chi connectivity index (χ1) is 6.60. The Labute approximate surface area is 95.8 Å². The Morgan fingerprint density at radius 3 is 2.71 bits per heavy atom. The molecule has 0 aliphatic carbocycles. The number of aliphatic hydroxyl groups excluding tert-OH is 1. The van der Waals surface area contributed by atoms with E-state index in [1.807, 2.05) is 0 Å². The molecule has 0 saturated heterocycles. The van der Waals surface area contributed by atoms with Gasteiger partial charge >= 0.3 is 0 Å². The number of nitrogens with two attached hydrogens (primary N) is 1. The minimum absolute atomic E-state index is 0.00512. The third kappa shape index (κ3) is 2.28. The fourth-order valence-electron chi connectivity index (χ4n) is 1.13. The SMILES string of the molecule is COc1cc(I)cc([C@H](N)CO)c1O. The monoisotopic (exact) mass is 309 g/mol. The van der Waals surface area contributed by atoms with E-state index in [1.54, 1.807) is 12.1 Å². The van der Waals surface area contributed by atoms with Crippen LogP contribution in [0.25, 0.3) is 0 Å². The lowest BCUT2D eigenvalue weighted by Gasteiger charge is -2.13. The molecule has 0 amide bonds. The highest BCUT2D eigenvalue weighted by atomic mass is 127. The number of methoxy groups -OCH3 is 1. The third-order valence-electron chi connectivity index (χ3n) is 1.89. The van der Waals surface area contributed by atoms with Crippen molar-refractivity contribution in [3.8, 4) is 11.5 Å². The van der Waals surface area contributed by atoms with Gasteiger partial charge in [0, 0.05) is 9.13 Å². The number of halogens is 1. The first-order valence-electron chi connectivity index (χ1n) is 4.03. The molecule has 0 fully saturated rings. The molecule has 0 unspecified atom stereocenters. The molecule has 4 N–H and O–H groups in total. The van der Waals surface area contributed by atoms with Crippen LogP contribution in [0.1, 0.15) is 11.6 Å². The van der Waals surface area contributed by atoms with E-state index in [1.165, 1.54) is 7.11 Å². The minimum Gasteiger partial charge on any atom is -0.504 e. The maximum Gasteiger partial charge on any atom is 0.162 e. The molecule has 1 aromatic carbocycles. The Morgan fingerprint density at radius 1 is 1.57 bits per heavy atom. The summed E-state index contributed by atoms with van der Waals surface area (Å²) in [5, 5.41) is 18.6. The molecular formula is C9H12INO3. The highest BCUT2D eigenvalue weighted by molar-refractivity contribution is 14.1. The summed E-state index contributed by atoms with van der Waals surface area (Å²) in [7, 11) is 1.47. The largest absolute Gasteiger partial charge is 0.504 e. The van der Waals surface area contributed by atoms with Crippen LogP contribution in [-0.2, 0) is 0 Å². The molecule has 0 spiro atoms. The van der Waals surface area contributed by atoms with E-state index in [4.69, 9.17) is 15.6 Å². The van der Waals surface area contributed by atoms with Crippen molar-refractivity contribution in [3.05, 3.63) is 21.3 Å². The number of aromatic hydroxyl groups is 1. The van der Waals surface area contributed by atoms with Crippen molar-refractivity contribution in [3.63, 3.8) is 0 Å². The van der Waals surface area contributed by atoms with Gasteiger partial charge in [-0.05, 0) is 34.7 Å². The van der Waals surface area contributed by atoms with E-state index in [0.29, 0.717) is 11.3 Å². The van der Waals surface area contributed by atoms with Crippen molar-refractivity contribution >= 4 is 22.6 Å². The number of rotatable bonds is 3. The van der Waals surface area contributed by atoms with E-state index >= 15 is 0 Å². The van der Waals surface area contributed by atoms with Crippen LogP contribution in [0.15, 0.2) is 12.1 Å². The van der Waals surface area contributed by atoms with Gasteiger partial charge in [0.25, 0.3) is 0 Å². The number of phenolic OH excluding ortho intramolecular Hbond substituents is 1. The fraction of sp³-hybridized carbons (Fsp3) is 0.333. The highest BCUT2D eigenvalue weighted by Gasteiger charge is 2.14. The Bertz CT molecular complexity index is 330. The first kappa shape index (κ1) is 11.5. The lowest BCUT2D eigenvalue weighted by molar-refractivity contribution is 0.264. The lowest BCUT2D eigenvalue weighted by Crippen LogP contribution is -2.15. The summed E-state index contributed by atoms with van der Waals surface area (Å²) in [5.74, 6) is 0.366. The molecule has 1 rings (SSSR count). The maximum absolute atomic E-state index is 9.70. The van der Waals surface area contributed by atoms with E-state index in [2.05, 4.69) is 22.6 Å². The molecule has 0 bridgehead atoms. The molecule has 0 aromatic heterocycles. The standard InChI is InChI=1S/C9H12INO3/c1-14-8-3-5(10)2-6(9(8)13)7(11)4-12/h2-3,7,12-13H,4,11H2,1H3/t7-/m1/s1. The Kier molecular flexibility index (Phi) is 3.97. The van der Waals surface area contributed by atoms with Gasteiger partial charge in [0.05, 0.1) is 19.8 Å². The molecule has 0 heterocycles. The topological polar surface area (TPSA) is 75.7 Å². The van der Waals surface area contributed by atoms with Crippen LogP contribution in [0.3, 0.4) is 0 Å². The average molecular weight is 309 g/mol. The molecule has 5 heteroatoms. The predicted octanol–water partition coefficient (Wildman–Crippen LogP) is 0.997. The van der Waals surface area contributed by atoms with E-state index in [-0.39, 0.29) is 12.4 Å². The molecule has 0 aliphatic rings. The Hall–Kier alpha value is -0.530. The second-order valence-electron chi connectivity index (χ2n) is 2.83. The van der Waals surface area contributed by atoms with E-state index in [9.17, 15) is 5.11 Å². The Balaban J connectivity index is 3.21. The van der Waals surface area contributed by atoms with Crippen molar-refractivity contribution in [1.82, 2.24) is 0 Å². The number of ether oxygens (including phenoxy) is 1. The minimum atomic E-state index is -0.585.